The van der Waals surface area contributed by atoms with Gasteiger partial charge in [0, 0.05) is 82.9 Å². The Labute approximate surface area is 467 Å². The number of halogens is 1. The van der Waals surface area contributed by atoms with E-state index in [9.17, 15) is 9.59 Å². The molecule has 0 saturated heterocycles. The van der Waals surface area contributed by atoms with Crippen molar-refractivity contribution in [2.24, 2.45) is 11.5 Å². The zero-order valence-electron chi connectivity index (χ0n) is 44.1. The van der Waals surface area contributed by atoms with Gasteiger partial charge in [-0.05, 0) is 131 Å². The maximum absolute atomic E-state index is 12.0. The molecule has 1 aliphatic carbocycles. The lowest BCUT2D eigenvalue weighted by Gasteiger charge is -2.29. The highest BCUT2D eigenvalue weighted by atomic mass is 79.9. The number of aromatic nitrogens is 2. The number of fused-ring (bicyclic) bond motifs is 12. The maximum Gasteiger partial charge on any atom is 0.412 e. The Morgan fingerprint density at radius 1 is 0.575 bits per heavy atom. The summed E-state index contributed by atoms with van der Waals surface area (Å²) in [4.78, 5) is 32.6. The molecule has 5 heterocycles. The van der Waals surface area contributed by atoms with Crippen molar-refractivity contribution in [1.82, 2.24) is 9.97 Å². The van der Waals surface area contributed by atoms with Gasteiger partial charge in [0.2, 0.25) is 5.95 Å². The summed E-state index contributed by atoms with van der Waals surface area (Å²) in [6, 6.07) is 55.0. The molecule has 9 N–H and O–H groups in total. The average molecular weight is 1130 g/mol. The minimum atomic E-state index is -0.599. The molecule has 0 aliphatic heterocycles. The van der Waals surface area contributed by atoms with E-state index in [0.717, 1.165) is 124 Å². The van der Waals surface area contributed by atoms with Crippen molar-refractivity contribution in [2.75, 3.05) is 21.7 Å². The summed E-state index contributed by atoms with van der Waals surface area (Å²) in [5.74, 6) is 0.171. The summed E-state index contributed by atoms with van der Waals surface area (Å²) < 4.78 is 29.3. The second-order valence-corrected chi connectivity index (χ2v) is 21.4. The highest BCUT2D eigenvalue weighted by Gasteiger charge is 2.24. The Bertz CT molecular complexity index is 4290. The van der Waals surface area contributed by atoms with Gasteiger partial charge in [-0.25, -0.2) is 9.78 Å². The van der Waals surface area contributed by atoms with Crippen LogP contribution in [0.4, 0.5) is 33.6 Å². The van der Waals surface area contributed by atoms with Crippen molar-refractivity contribution in [3.8, 4) is 0 Å². The lowest BCUT2D eigenvalue weighted by Crippen LogP contribution is -2.43. The van der Waals surface area contributed by atoms with Crippen LogP contribution >= 0.6 is 15.9 Å². The molecule has 0 spiro atoms. The molecule has 13 aromatic rings. The van der Waals surface area contributed by atoms with Crippen LogP contribution in [0.3, 0.4) is 0 Å². The number of nitrogens with zero attached hydrogens (tertiary/aromatic N) is 2. The fraction of sp³-hybridized carbons (Fsp3) is 0.156. The molecular weight excluding hydrogens is 1070 g/mol. The Morgan fingerprint density at radius 3 is 1.55 bits per heavy atom. The van der Waals surface area contributed by atoms with Crippen molar-refractivity contribution in [1.29, 1.82) is 0 Å². The Hall–Kier alpha value is -9.38. The third kappa shape index (κ3) is 11.7. The van der Waals surface area contributed by atoms with Gasteiger partial charge in [-0.1, -0.05) is 102 Å². The molecule has 0 unspecified atom stereocenters. The molecule has 16 heteroatoms. The van der Waals surface area contributed by atoms with Gasteiger partial charge in [0.1, 0.15) is 61.6 Å². The number of primary amides is 1. The highest BCUT2D eigenvalue weighted by molar-refractivity contribution is 9.10. The lowest BCUT2D eigenvalue weighted by molar-refractivity contribution is 0.0635. The Balaban J connectivity index is 0.000000119. The summed E-state index contributed by atoms with van der Waals surface area (Å²) in [6.45, 7) is 5.50. The van der Waals surface area contributed by atoms with Crippen LogP contribution in [0.25, 0.3) is 87.8 Å². The first-order chi connectivity index (χ1) is 38.7. The van der Waals surface area contributed by atoms with E-state index in [0.29, 0.717) is 17.5 Å². The first-order valence-corrected chi connectivity index (χ1v) is 27.0. The molecule has 15 nitrogen and oxygen atoms in total. The number of furan rings is 4. The normalized spacial score (nSPS) is 14.3. The second kappa shape index (κ2) is 22.5. The second-order valence-electron chi connectivity index (χ2n) is 20.5. The van der Waals surface area contributed by atoms with Crippen LogP contribution in [-0.4, -0.2) is 39.7 Å². The van der Waals surface area contributed by atoms with E-state index in [4.69, 9.17) is 39.6 Å². The van der Waals surface area contributed by atoms with Crippen LogP contribution < -0.4 is 33.2 Å². The number of anilines is 5. The summed E-state index contributed by atoms with van der Waals surface area (Å²) >= 11 is 3.46. The summed E-state index contributed by atoms with van der Waals surface area (Å²) in [5.41, 5.74) is 26.4. The number of hydrogen-bond donors (Lipinski definition) is 6. The van der Waals surface area contributed by atoms with E-state index in [2.05, 4.69) is 54.0 Å². The Kier molecular flexibility index (Phi) is 14.8. The molecule has 5 aromatic heterocycles. The van der Waals surface area contributed by atoms with Gasteiger partial charge < -0.3 is 50.2 Å². The number of ether oxygens (including phenoxy) is 1. The fourth-order valence-corrected chi connectivity index (χ4v) is 10.2. The largest absolute Gasteiger partial charge is 0.456 e. The smallest absolute Gasteiger partial charge is 0.412 e. The molecule has 0 bridgehead atoms. The number of amides is 2. The monoisotopic (exact) mass is 1130 g/mol. The lowest BCUT2D eigenvalue weighted by atomic mass is 9.91. The number of benzene rings is 8. The van der Waals surface area contributed by atoms with Crippen LogP contribution in [-0.2, 0) is 4.74 Å². The van der Waals surface area contributed by atoms with Crippen molar-refractivity contribution >= 4 is 145 Å². The zero-order chi connectivity index (χ0) is 55.5. The van der Waals surface area contributed by atoms with Gasteiger partial charge in [-0.15, -0.1) is 0 Å². The predicted molar refractivity (Wildman–Crippen MR) is 325 cm³/mol. The summed E-state index contributed by atoms with van der Waals surface area (Å²) in [7, 11) is 0. The van der Waals surface area contributed by atoms with Crippen LogP contribution in [0.1, 0.15) is 56.8 Å². The van der Waals surface area contributed by atoms with Crippen LogP contribution in [0.5, 0.6) is 0 Å². The minimum absolute atomic E-state index is 0.0568. The molecular formula is C64H57BrN8O7. The van der Waals surface area contributed by atoms with E-state index in [1.807, 2.05) is 172 Å². The van der Waals surface area contributed by atoms with Gasteiger partial charge in [0.25, 0.3) is 5.91 Å². The molecule has 2 amide bonds. The van der Waals surface area contributed by atoms with E-state index in [-0.39, 0.29) is 17.6 Å². The number of nitrogens with one attached hydrogen (secondary N) is 3. The molecule has 1 fully saturated rings. The number of nitrogen functional groups attached to an aromatic ring is 1. The third-order valence-electron chi connectivity index (χ3n) is 13.6. The topological polar surface area (TPSA) is 236 Å². The highest BCUT2D eigenvalue weighted by Crippen LogP contribution is 2.35. The summed E-state index contributed by atoms with van der Waals surface area (Å²) in [5, 5.41) is 17.8. The average Bonchev–Trinajstić information content (AvgIpc) is 4.41. The first kappa shape index (κ1) is 52.7. The molecule has 14 rings (SSSR count). The van der Waals surface area contributed by atoms with Crippen molar-refractivity contribution in [3.63, 3.8) is 0 Å². The molecule has 8 aromatic carbocycles. The number of rotatable bonds is 6. The quantitative estimate of drug-likeness (QED) is 0.0851. The first-order valence-electron chi connectivity index (χ1n) is 26.2. The number of para-hydroxylation sites is 4. The number of nitrogens with two attached hydrogens (primary N) is 3. The molecule has 1 saturated carbocycles. The third-order valence-corrected chi connectivity index (χ3v) is 14.1. The van der Waals surface area contributed by atoms with Gasteiger partial charge in [-0.2, -0.15) is 4.98 Å². The van der Waals surface area contributed by atoms with E-state index in [1.165, 1.54) is 11.6 Å². The van der Waals surface area contributed by atoms with Crippen molar-refractivity contribution in [2.45, 2.75) is 64.1 Å². The fourth-order valence-electron chi connectivity index (χ4n) is 9.84. The van der Waals surface area contributed by atoms with Crippen LogP contribution in [0.2, 0.25) is 0 Å². The van der Waals surface area contributed by atoms with E-state index in [1.54, 1.807) is 6.07 Å². The van der Waals surface area contributed by atoms with Crippen LogP contribution in [0.15, 0.2) is 198 Å². The molecule has 1 aliphatic rings. The van der Waals surface area contributed by atoms with Gasteiger partial charge in [-0.3, -0.25) is 10.1 Å². The molecule has 80 heavy (non-hydrogen) atoms. The van der Waals surface area contributed by atoms with Gasteiger partial charge in [0.05, 0.1) is 0 Å². The van der Waals surface area contributed by atoms with Crippen LogP contribution in [0, 0.1) is 0 Å². The van der Waals surface area contributed by atoms with Gasteiger partial charge >= 0.3 is 6.09 Å². The van der Waals surface area contributed by atoms with Gasteiger partial charge in [0.15, 0.2) is 0 Å². The summed E-state index contributed by atoms with van der Waals surface area (Å²) in [6.07, 6.45) is 5.18. The number of carbonyl (C=O) groups is 2. The van der Waals surface area contributed by atoms with Crippen molar-refractivity contribution in [3.05, 3.63) is 186 Å². The number of carbonyl (C=O) groups excluding carboxylic acids is 2. The van der Waals surface area contributed by atoms with Crippen molar-refractivity contribution < 1.29 is 32.0 Å². The predicted octanol–water partition coefficient (Wildman–Crippen LogP) is 16.3. The molecule has 2 atom stereocenters. The maximum atomic E-state index is 12.0. The Morgan fingerprint density at radius 2 is 1.02 bits per heavy atom. The van der Waals surface area contributed by atoms with E-state index < -0.39 is 17.6 Å². The minimum Gasteiger partial charge on any atom is -0.456 e. The van der Waals surface area contributed by atoms with E-state index >= 15 is 0 Å². The molecule has 402 valence electrons. The molecule has 0 radical (unpaired) electrons. The standard InChI is InChI=1S/C23H24N6O2.C17H17NO3.C12H7BrO.C12H9NO/c24-17-6-2-3-7-18(17)28-23-26-12-16(21(25)30)22(29-23)27-13-9-10-20-15(11-13)14-5-1-4-8-19(14)31-20;1-17(2,3)21-16(19)18-11-8-9-15-13(10-11)12-6-4-5-7-14(12)20-15;2*13-8-5-6-12-10(7-8)9-3-1-2-4-11(9)14-12/h1,4-5,8-12,17-18H,2-3,6-7,24H2,(H2,25,30)(H2,26,27,28,29);4-10H,1-3H3,(H,18,19);1-7H;1-7H,13H2/t17-,18+;;;/m0.../s1. The number of hydrogen-bond acceptors (Lipinski definition) is 13. The SMILES string of the molecule is Brc1ccc2oc3ccccc3c2c1.CC(C)(C)OC(=O)Nc1ccc2oc3ccccc3c2c1.NC(=O)c1cnc(N[C@@H]2CCCC[C@@H]2N)nc1Nc1ccc2oc3ccccc3c2c1.Nc1ccc2oc3ccccc3c2c1. The zero-order valence-corrected chi connectivity index (χ0v) is 45.7.